The molecular formula is C10H16BrNS. The second-order valence-electron chi connectivity index (χ2n) is 3.16. The lowest BCUT2D eigenvalue weighted by atomic mass is 10.0. The lowest BCUT2D eigenvalue weighted by molar-refractivity contribution is 0.522. The Kier molecular flexibility index (Phi) is 4.99. The molecule has 0 amide bonds. The first-order valence-corrected chi connectivity index (χ1v) is 6.42. The van der Waals surface area contributed by atoms with Crippen molar-refractivity contribution >= 4 is 27.3 Å². The van der Waals surface area contributed by atoms with Gasteiger partial charge in [-0.05, 0) is 40.3 Å². The highest BCUT2D eigenvalue weighted by molar-refractivity contribution is 9.10. The van der Waals surface area contributed by atoms with Gasteiger partial charge in [0.25, 0.3) is 0 Å². The van der Waals surface area contributed by atoms with Crippen LogP contribution in [0.15, 0.2) is 15.2 Å². The highest BCUT2D eigenvalue weighted by Crippen LogP contribution is 2.29. The van der Waals surface area contributed by atoms with E-state index in [0.29, 0.717) is 6.04 Å². The third kappa shape index (κ3) is 3.08. The van der Waals surface area contributed by atoms with Gasteiger partial charge in [0, 0.05) is 15.9 Å². The predicted octanol–water partition coefficient (Wildman–Crippen LogP) is 3.96. The SMILES string of the molecule is CCCCC(NC)c1cscc1Br. The van der Waals surface area contributed by atoms with Crippen LogP contribution >= 0.6 is 27.3 Å². The minimum Gasteiger partial charge on any atom is -0.313 e. The minimum atomic E-state index is 0.514. The van der Waals surface area contributed by atoms with Gasteiger partial charge in [-0.25, -0.2) is 0 Å². The molecule has 1 unspecified atom stereocenters. The van der Waals surface area contributed by atoms with Crippen molar-refractivity contribution in [3.8, 4) is 0 Å². The Labute approximate surface area is 92.7 Å². The van der Waals surface area contributed by atoms with Gasteiger partial charge in [0.15, 0.2) is 0 Å². The molecule has 0 aromatic carbocycles. The molecule has 3 heteroatoms. The van der Waals surface area contributed by atoms with Crippen LogP contribution < -0.4 is 5.32 Å². The Morgan fingerprint density at radius 1 is 1.54 bits per heavy atom. The highest BCUT2D eigenvalue weighted by Gasteiger charge is 2.12. The Morgan fingerprint density at radius 3 is 2.77 bits per heavy atom. The molecule has 0 aliphatic heterocycles. The summed E-state index contributed by atoms with van der Waals surface area (Å²) in [6.07, 6.45) is 3.77. The number of unbranched alkanes of at least 4 members (excludes halogenated alkanes) is 1. The zero-order valence-corrected chi connectivity index (χ0v) is 10.5. The van der Waals surface area contributed by atoms with Gasteiger partial charge in [-0.3, -0.25) is 0 Å². The molecule has 0 saturated carbocycles. The van der Waals surface area contributed by atoms with E-state index in [2.05, 4.69) is 38.9 Å². The summed E-state index contributed by atoms with van der Waals surface area (Å²) in [6, 6.07) is 0.514. The number of halogens is 1. The third-order valence-electron chi connectivity index (χ3n) is 2.21. The first-order valence-electron chi connectivity index (χ1n) is 4.68. The average molecular weight is 262 g/mol. The van der Waals surface area contributed by atoms with Crippen molar-refractivity contribution in [1.82, 2.24) is 5.32 Å². The van der Waals surface area contributed by atoms with Crippen LogP contribution in [0.1, 0.15) is 37.8 Å². The molecule has 1 heterocycles. The molecule has 1 aromatic heterocycles. The average Bonchev–Trinajstić information content (AvgIpc) is 2.54. The second-order valence-corrected chi connectivity index (χ2v) is 4.76. The van der Waals surface area contributed by atoms with Gasteiger partial charge >= 0.3 is 0 Å². The molecule has 0 bridgehead atoms. The van der Waals surface area contributed by atoms with Gasteiger partial charge in [-0.15, -0.1) is 0 Å². The van der Waals surface area contributed by atoms with E-state index in [1.807, 2.05) is 7.05 Å². The van der Waals surface area contributed by atoms with E-state index >= 15 is 0 Å². The maximum atomic E-state index is 3.57. The fraction of sp³-hybridized carbons (Fsp3) is 0.600. The number of hydrogen-bond donors (Lipinski definition) is 1. The van der Waals surface area contributed by atoms with Gasteiger partial charge in [-0.2, -0.15) is 11.3 Å². The summed E-state index contributed by atoms with van der Waals surface area (Å²) in [7, 11) is 2.03. The minimum absolute atomic E-state index is 0.514. The summed E-state index contributed by atoms with van der Waals surface area (Å²) < 4.78 is 1.24. The summed E-state index contributed by atoms with van der Waals surface area (Å²) in [5.74, 6) is 0. The molecule has 1 rings (SSSR count). The second kappa shape index (κ2) is 5.78. The number of rotatable bonds is 5. The van der Waals surface area contributed by atoms with E-state index < -0.39 is 0 Å². The van der Waals surface area contributed by atoms with Crippen LogP contribution in [-0.2, 0) is 0 Å². The van der Waals surface area contributed by atoms with Gasteiger partial charge in [0.05, 0.1) is 0 Å². The van der Waals surface area contributed by atoms with E-state index in [1.54, 1.807) is 11.3 Å². The number of nitrogens with one attached hydrogen (secondary N) is 1. The Bertz CT molecular complexity index is 247. The molecule has 13 heavy (non-hydrogen) atoms. The zero-order valence-electron chi connectivity index (χ0n) is 8.14. The van der Waals surface area contributed by atoms with Crippen LogP contribution in [0.3, 0.4) is 0 Å². The first-order chi connectivity index (χ1) is 6.29. The topological polar surface area (TPSA) is 12.0 Å². The predicted molar refractivity (Wildman–Crippen MR) is 63.3 cm³/mol. The standard InChI is InChI=1S/C10H16BrNS/c1-3-4-5-10(12-2)8-6-13-7-9(8)11/h6-7,10,12H,3-5H2,1-2H3. The maximum absolute atomic E-state index is 3.57. The monoisotopic (exact) mass is 261 g/mol. The summed E-state index contributed by atoms with van der Waals surface area (Å²) in [4.78, 5) is 0. The molecule has 0 radical (unpaired) electrons. The van der Waals surface area contributed by atoms with Gasteiger partial charge in [0.1, 0.15) is 0 Å². The molecule has 0 aliphatic carbocycles. The summed E-state index contributed by atoms with van der Waals surface area (Å²) in [5.41, 5.74) is 1.40. The lowest BCUT2D eigenvalue weighted by Crippen LogP contribution is -2.15. The van der Waals surface area contributed by atoms with Crippen LogP contribution in [0, 0.1) is 0 Å². The van der Waals surface area contributed by atoms with Crippen molar-refractivity contribution < 1.29 is 0 Å². The zero-order chi connectivity index (χ0) is 9.68. The van der Waals surface area contributed by atoms with Crippen molar-refractivity contribution in [3.05, 3.63) is 20.8 Å². The van der Waals surface area contributed by atoms with E-state index in [9.17, 15) is 0 Å². The number of thiophene rings is 1. The molecule has 0 spiro atoms. The fourth-order valence-corrected chi connectivity index (χ4v) is 3.03. The normalized spacial score (nSPS) is 13.2. The molecular weight excluding hydrogens is 246 g/mol. The molecule has 0 fully saturated rings. The molecule has 1 nitrogen and oxygen atoms in total. The molecule has 74 valence electrons. The van der Waals surface area contributed by atoms with Crippen LogP contribution in [-0.4, -0.2) is 7.05 Å². The largest absolute Gasteiger partial charge is 0.313 e. The quantitative estimate of drug-likeness (QED) is 0.846. The lowest BCUT2D eigenvalue weighted by Gasteiger charge is -2.14. The van der Waals surface area contributed by atoms with Gasteiger partial charge in [-0.1, -0.05) is 19.8 Å². The molecule has 1 N–H and O–H groups in total. The van der Waals surface area contributed by atoms with Gasteiger partial charge in [0.2, 0.25) is 0 Å². The summed E-state index contributed by atoms with van der Waals surface area (Å²) in [6.45, 7) is 2.23. The van der Waals surface area contributed by atoms with Crippen molar-refractivity contribution in [2.24, 2.45) is 0 Å². The highest BCUT2D eigenvalue weighted by atomic mass is 79.9. The van der Waals surface area contributed by atoms with E-state index in [0.717, 1.165) is 0 Å². The van der Waals surface area contributed by atoms with E-state index in [1.165, 1.54) is 29.3 Å². The van der Waals surface area contributed by atoms with Crippen molar-refractivity contribution in [2.75, 3.05) is 7.05 Å². The maximum Gasteiger partial charge on any atom is 0.0337 e. The molecule has 1 aromatic rings. The Hall–Kier alpha value is 0.140. The van der Waals surface area contributed by atoms with Crippen LogP contribution in [0.5, 0.6) is 0 Å². The summed E-state index contributed by atoms with van der Waals surface area (Å²) >= 11 is 5.33. The Balaban J connectivity index is 2.61. The number of hydrogen-bond acceptors (Lipinski definition) is 2. The third-order valence-corrected chi connectivity index (χ3v) is 3.96. The van der Waals surface area contributed by atoms with Gasteiger partial charge < -0.3 is 5.32 Å². The van der Waals surface area contributed by atoms with Crippen molar-refractivity contribution in [2.45, 2.75) is 32.2 Å². The smallest absolute Gasteiger partial charge is 0.0337 e. The molecule has 0 saturated heterocycles. The molecule has 1 atom stereocenters. The van der Waals surface area contributed by atoms with Crippen LogP contribution in [0.4, 0.5) is 0 Å². The fourth-order valence-electron chi connectivity index (χ4n) is 1.40. The van der Waals surface area contributed by atoms with Crippen molar-refractivity contribution in [1.29, 1.82) is 0 Å². The molecule has 0 aliphatic rings. The van der Waals surface area contributed by atoms with Crippen molar-refractivity contribution in [3.63, 3.8) is 0 Å². The van der Waals surface area contributed by atoms with E-state index in [4.69, 9.17) is 0 Å². The summed E-state index contributed by atoms with van der Waals surface area (Å²) in [5, 5.41) is 7.72. The first kappa shape index (κ1) is 11.2. The van der Waals surface area contributed by atoms with E-state index in [-0.39, 0.29) is 0 Å². The van der Waals surface area contributed by atoms with Crippen LogP contribution in [0.2, 0.25) is 0 Å². The Morgan fingerprint density at radius 2 is 2.31 bits per heavy atom. The van der Waals surface area contributed by atoms with Crippen LogP contribution in [0.25, 0.3) is 0 Å².